The van der Waals surface area contributed by atoms with E-state index in [0.29, 0.717) is 13.0 Å². The molecule has 2 aliphatic rings. The number of para-hydroxylation sites is 1. The summed E-state index contributed by atoms with van der Waals surface area (Å²) in [4.78, 5) is 18.5. The normalized spacial score (nSPS) is 24.3. The molecule has 5 nitrogen and oxygen atoms in total. The van der Waals surface area contributed by atoms with Crippen molar-refractivity contribution in [3.63, 3.8) is 0 Å². The van der Waals surface area contributed by atoms with Crippen molar-refractivity contribution >= 4 is 34.4 Å². The van der Waals surface area contributed by atoms with Crippen LogP contribution in [0.1, 0.15) is 30.5 Å². The molecule has 1 saturated heterocycles. The van der Waals surface area contributed by atoms with Gasteiger partial charge < -0.3 is 10.1 Å². The van der Waals surface area contributed by atoms with Gasteiger partial charge >= 0.3 is 6.03 Å². The van der Waals surface area contributed by atoms with Crippen molar-refractivity contribution in [1.82, 2.24) is 15.2 Å². The van der Waals surface area contributed by atoms with Crippen molar-refractivity contribution in [3.05, 3.63) is 58.3 Å². The number of nitrogens with zero attached hydrogens (tertiary/aromatic N) is 2. The minimum absolute atomic E-state index is 0. The van der Waals surface area contributed by atoms with Gasteiger partial charge in [0.25, 0.3) is 0 Å². The van der Waals surface area contributed by atoms with Crippen LogP contribution in [0.4, 0.5) is 4.79 Å². The lowest BCUT2D eigenvalue weighted by Crippen LogP contribution is -2.64. The number of nitrogens with one attached hydrogen (secondary N) is 1. The molecule has 126 valence electrons. The van der Waals surface area contributed by atoms with Gasteiger partial charge in [-0.05, 0) is 40.5 Å². The third kappa shape index (κ3) is 2.74. The minimum Gasteiger partial charge on any atom is -0.466 e. The zero-order chi connectivity index (χ0) is 16.0. The highest BCUT2D eigenvalue weighted by Crippen LogP contribution is 2.47. The van der Waals surface area contributed by atoms with E-state index in [4.69, 9.17) is 4.74 Å². The molecule has 0 radical (unpaired) electrons. The quantitative estimate of drug-likeness (QED) is 0.813. The predicted molar refractivity (Wildman–Crippen MR) is 96.1 cm³/mol. The first-order valence-corrected chi connectivity index (χ1v) is 8.30. The van der Waals surface area contributed by atoms with Crippen LogP contribution in [0.3, 0.4) is 0 Å². The molecule has 2 amide bonds. The van der Waals surface area contributed by atoms with E-state index in [0.717, 1.165) is 21.3 Å². The molecule has 24 heavy (non-hydrogen) atoms. The number of benzene rings is 1. The van der Waals surface area contributed by atoms with Crippen molar-refractivity contribution in [2.45, 2.75) is 31.7 Å². The number of pyridine rings is 1. The van der Waals surface area contributed by atoms with Crippen LogP contribution in [0.15, 0.2) is 47.2 Å². The topological polar surface area (TPSA) is 54.5 Å². The summed E-state index contributed by atoms with van der Waals surface area (Å²) in [6.45, 7) is 2.43. The Labute approximate surface area is 154 Å². The van der Waals surface area contributed by atoms with Crippen LogP contribution in [0.2, 0.25) is 0 Å². The van der Waals surface area contributed by atoms with Crippen LogP contribution in [0.25, 0.3) is 0 Å². The van der Waals surface area contributed by atoms with Crippen molar-refractivity contribution in [2.75, 3.05) is 0 Å². The van der Waals surface area contributed by atoms with Crippen LogP contribution in [0, 0.1) is 0 Å². The lowest BCUT2D eigenvalue weighted by atomic mass is 9.90. The number of hydrogen-bond donors (Lipinski definition) is 1. The molecule has 1 N–H and O–H groups in total. The highest BCUT2D eigenvalue weighted by Gasteiger charge is 2.49. The van der Waals surface area contributed by atoms with E-state index >= 15 is 0 Å². The van der Waals surface area contributed by atoms with Gasteiger partial charge in [0.05, 0.1) is 17.1 Å². The number of fused-ring (bicyclic) bond motifs is 4. The summed E-state index contributed by atoms with van der Waals surface area (Å²) in [7, 11) is 0. The number of aromatic nitrogens is 1. The highest BCUT2D eigenvalue weighted by atomic mass is 79.9. The first-order chi connectivity index (χ1) is 11.1. The summed E-state index contributed by atoms with van der Waals surface area (Å²) in [5.41, 5.74) is 1.31. The molecule has 0 saturated carbocycles. The molecule has 2 aliphatic heterocycles. The Balaban J connectivity index is 0.00000169. The lowest BCUT2D eigenvalue weighted by molar-refractivity contribution is -0.0884. The smallest absolute Gasteiger partial charge is 0.321 e. The van der Waals surface area contributed by atoms with Crippen LogP contribution >= 0.6 is 28.3 Å². The van der Waals surface area contributed by atoms with Crippen LogP contribution in [-0.2, 0) is 6.54 Å². The second-order valence-electron chi connectivity index (χ2n) is 6.09. The molecule has 0 spiro atoms. The van der Waals surface area contributed by atoms with Crippen molar-refractivity contribution in [2.24, 2.45) is 0 Å². The lowest BCUT2D eigenvalue weighted by Gasteiger charge is -2.51. The Morgan fingerprint density at radius 3 is 3.00 bits per heavy atom. The van der Waals surface area contributed by atoms with E-state index in [9.17, 15) is 4.79 Å². The van der Waals surface area contributed by atoms with Crippen molar-refractivity contribution in [3.8, 4) is 5.75 Å². The van der Waals surface area contributed by atoms with Crippen LogP contribution in [0.5, 0.6) is 5.75 Å². The molecule has 0 aliphatic carbocycles. The standard InChI is InChI=1S/C17H16BrN3O2.ClH/c1-17-8-14(12-5-2-6-13(18)15(12)23-17)20-16(22)21(17)10-11-4-3-7-19-9-11;/h2-7,9,14H,8,10H2,1H3,(H,20,22);1H. The third-order valence-electron chi connectivity index (χ3n) is 4.45. The molecule has 1 fully saturated rings. The third-order valence-corrected chi connectivity index (χ3v) is 5.08. The monoisotopic (exact) mass is 409 g/mol. The molecule has 7 heteroatoms. The van der Waals surface area contributed by atoms with Gasteiger partial charge in [-0.1, -0.05) is 18.2 Å². The summed E-state index contributed by atoms with van der Waals surface area (Å²) in [6.07, 6.45) is 4.21. The van der Waals surface area contributed by atoms with Gasteiger partial charge in [-0.25, -0.2) is 4.79 Å². The Morgan fingerprint density at radius 2 is 2.25 bits per heavy atom. The van der Waals surface area contributed by atoms with Crippen LogP contribution < -0.4 is 10.1 Å². The fourth-order valence-electron chi connectivity index (χ4n) is 3.31. The fraction of sp³-hybridized carbons (Fsp3) is 0.294. The largest absolute Gasteiger partial charge is 0.466 e. The number of rotatable bonds is 2. The van der Waals surface area contributed by atoms with Gasteiger partial charge in [0.15, 0.2) is 5.72 Å². The van der Waals surface area contributed by atoms with Gasteiger partial charge in [0.1, 0.15) is 5.75 Å². The van der Waals surface area contributed by atoms with E-state index in [2.05, 4.69) is 26.2 Å². The SMILES string of the molecule is CC12CC(NC(=O)N1Cc1cccnc1)c1cccc(Br)c1O2.Cl. The average Bonchev–Trinajstić information content (AvgIpc) is 2.53. The summed E-state index contributed by atoms with van der Waals surface area (Å²) in [5.74, 6) is 0.808. The van der Waals surface area contributed by atoms with Gasteiger partial charge in [-0.15, -0.1) is 12.4 Å². The van der Waals surface area contributed by atoms with Crippen molar-refractivity contribution < 1.29 is 9.53 Å². The molecule has 4 rings (SSSR count). The maximum Gasteiger partial charge on any atom is 0.321 e. The number of carbonyl (C=O) groups excluding carboxylic acids is 1. The van der Waals surface area contributed by atoms with Crippen molar-refractivity contribution in [1.29, 1.82) is 0 Å². The second-order valence-corrected chi connectivity index (χ2v) is 6.94. The minimum atomic E-state index is -0.681. The highest BCUT2D eigenvalue weighted by molar-refractivity contribution is 9.10. The molecular weight excluding hydrogens is 394 g/mol. The maximum absolute atomic E-state index is 12.6. The number of halogens is 2. The number of amides is 2. The molecule has 2 unspecified atom stereocenters. The maximum atomic E-state index is 12.6. The number of carbonyl (C=O) groups is 1. The second kappa shape index (κ2) is 6.26. The first kappa shape index (κ1) is 17.0. The average molecular weight is 411 g/mol. The Hall–Kier alpha value is -1.79. The molecule has 2 aromatic rings. The summed E-state index contributed by atoms with van der Waals surface area (Å²) in [5, 5.41) is 3.09. The molecule has 3 heterocycles. The number of ether oxygens (including phenoxy) is 1. The summed E-state index contributed by atoms with van der Waals surface area (Å²) in [6, 6.07) is 9.61. The van der Waals surface area contributed by atoms with Gasteiger partial charge in [0.2, 0.25) is 0 Å². The molecule has 2 bridgehead atoms. The zero-order valence-corrected chi connectivity index (χ0v) is 15.4. The number of urea groups is 1. The predicted octanol–water partition coefficient (Wildman–Crippen LogP) is 4.03. The van der Waals surface area contributed by atoms with E-state index in [1.54, 1.807) is 17.3 Å². The van der Waals surface area contributed by atoms with Crippen LogP contribution in [-0.4, -0.2) is 21.6 Å². The molecule has 1 aromatic heterocycles. The van der Waals surface area contributed by atoms with E-state index < -0.39 is 5.72 Å². The van der Waals surface area contributed by atoms with E-state index in [-0.39, 0.29) is 24.5 Å². The van der Waals surface area contributed by atoms with Gasteiger partial charge in [0, 0.05) is 24.4 Å². The Kier molecular flexibility index (Phi) is 4.44. The first-order valence-electron chi connectivity index (χ1n) is 7.51. The number of hydrogen-bond acceptors (Lipinski definition) is 3. The Morgan fingerprint density at radius 1 is 1.42 bits per heavy atom. The zero-order valence-electron chi connectivity index (χ0n) is 13.0. The Bertz CT molecular complexity index is 774. The fourth-order valence-corrected chi connectivity index (χ4v) is 3.77. The van der Waals surface area contributed by atoms with E-state index in [1.807, 2.05) is 37.3 Å². The van der Waals surface area contributed by atoms with Gasteiger partial charge in [-0.2, -0.15) is 0 Å². The molecule has 1 aromatic carbocycles. The molecular formula is C17H17BrClN3O2. The summed E-state index contributed by atoms with van der Waals surface area (Å²) >= 11 is 3.55. The van der Waals surface area contributed by atoms with E-state index in [1.165, 1.54) is 0 Å². The molecule has 2 atom stereocenters. The summed E-state index contributed by atoms with van der Waals surface area (Å²) < 4.78 is 7.18. The van der Waals surface area contributed by atoms with Gasteiger partial charge in [-0.3, -0.25) is 9.88 Å².